The third-order valence-corrected chi connectivity index (χ3v) is 7.08. The first-order valence-corrected chi connectivity index (χ1v) is 8.75. The van der Waals surface area contributed by atoms with Crippen molar-refractivity contribution in [2.75, 3.05) is 11.9 Å². The van der Waals surface area contributed by atoms with Gasteiger partial charge in [-0.05, 0) is 48.3 Å². The molecule has 2 bridgehead atoms. The summed E-state index contributed by atoms with van der Waals surface area (Å²) in [5, 5.41) is 1.08. The van der Waals surface area contributed by atoms with Gasteiger partial charge in [-0.3, -0.25) is 0 Å². The molecular weight excluding hydrogens is 288 g/mol. The van der Waals surface area contributed by atoms with Crippen molar-refractivity contribution >= 4 is 15.9 Å². The van der Waals surface area contributed by atoms with Gasteiger partial charge in [-0.2, -0.15) is 0 Å². The van der Waals surface area contributed by atoms with Gasteiger partial charge in [-0.15, -0.1) is 0 Å². The molecule has 2 aliphatic carbocycles. The van der Waals surface area contributed by atoms with Crippen LogP contribution < -0.4 is 0 Å². The van der Waals surface area contributed by atoms with Crippen LogP contribution in [0.15, 0.2) is 0 Å². The lowest BCUT2D eigenvalue weighted by molar-refractivity contribution is -0.0570. The minimum absolute atomic E-state index is 0.417. The standard InChI is InChI=1S/C16H29BrO/c1-5-6-12(10-17)11-18-14-9-13-7-8-16(14,4)15(13,2)3/h12-14H,5-11H2,1-4H3. The summed E-state index contributed by atoms with van der Waals surface area (Å²) in [5.41, 5.74) is 0.896. The van der Waals surface area contributed by atoms with Gasteiger partial charge in [0.25, 0.3) is 0 Å². The zero-order valence-electron chi connectivity index (χ0n) is 12.5. The van der Waals surface area contributed by atoms with Crippen molar-refractivity contribution in [1.29, 1.82) is 0 Å². The van der Waals surface area contributed by atoms with Gasteiger partial charge >= 0.3 is 0 Å². The lowest BCUT2D eigenvalue weighted by Gasteiger charge is -2.39. The zero-order valence-corrected chi connectivity index (χ0v) is 14.1. The summed E-state index contributed by atoms with van der Waals surface area (Å²) in [6.45, 7) is 10.6. The highest BCUT2D eigenvalue weighted by Crippen LogP contribution is 2.66. The number of halogens is 1. The molecule has 0 spiro atoms. The Kier molecular flexibility index (Phi) is 4.48. The minimum atomic E-state index is 0.417. The molecule has 2 fully saturated rings. The van der Waals surface area contributed by atoms with Crippen LogP contribution in [0.4, 0.5) is 0 Å². The molecule has 0 saturated heterocycles. The van der Waals surface area contributed by atoms with E-state index in [-0.39, 0.29) is 0 Å². The Hall–Kier alpha value is 0.440. The summed E-state index contributed by atoms with van der Waals surface area (Å²) < 4.78 is 6.35. The predicted molar refractivity (Wildman–Crippen MR) is 81.2 cm³/mol. The monoisotopic (exact) mass is 316 g/mol. The highest BCUT2D eigenvalue weighted by Gasteiger charge is 2.61. The molecule has 0 amide bonds. The van der Waals surface area contributed by atoms with Gasteiger partial charge in [0.15, 0.2) is 0 Å². The molecule has 4 unspecified atom stereocenters. The van der Waals surface area contributed by atoms with Crippen LogP contribution >= 0.6 is 15.9 Å². The van der Waals surface area contributed by atoms with Gasteiger partial charge < -0.3 is 4.74 Å². The zero-order chi connectivity index (χ0) is 13.4. The fourth-order valence-corrected chi connectivity index (χ4v) is 4.76. The SMILES string of the molecule is CCCC(CBr)COC1CC2CCC1(C)C2(C)C. The van der Waals surface area contributed by atoms with Gasteiger partial charge in [-0.25, -0.2) is 0 Å². The van der Waals surface area contributed by atoms with Crippen LogP contribution in [0.5, 0.6) is 0 Å². The lowest BCUT2D eigenvalue weighted by Crippen LogP contribution is -2.38. The summed E-state index contributed by atoms with van der Waals surface area (Å²) in [6.07, 6.45) is 7.12. The molecule has 0 N–H and O–H groups in total. The second-order valence-corrected chi connectivity index (χ2v) is 7.89. The molecule has 1 nitrogen and oxygen atoms in total. The summed E-state index contributed by atoms with van der Waals surface area (Å²) in [6, 6.07) is 0. The number of fused-ring (bicyclic) bond motifs is 2. The Morgan fingerprint density at radius 1 is 1.33 bits per heavy atom. The van der Waals surface area contributed by atoms with E-state index >= 15 is 0 Å². The topological polar surface area (TPSA) is 9.23 Å². The maximum atomic E-state index is 6.35. The van der Waals surface area contributed by atoms with Crippen LogP contribution in [0, 0.1) is 22.7 Å². The van der Waals surface area contributed by atoms with Crippen LogP contribution in [0.2, 0.25) is 0 Å². The number of ether oxygens (including phenoxy) is 1. The maximum Gasteiger partial charge on any atom is 0.0636 e. The van der Waals surface area contributed by atoms with E-state index in [1.165, 1.54) is 32.1 Å². The molecule has 18 heavy (non-hydrogen) atoms. The van der Waals surface area contributed by atoms with Crippen molar-refractivity contribution < 1.29 is 4.74 Å². The quantitative estimate of drug-likeness (QED) is 0.624. The number of hydrogen-bond acceptors (Lipinski definition) is 1. The van der Waals surface area contributed by atoms with Crippen molar-refractivity contribution in [2.45, 2.75) is 65.9 Å². The molecule has 0 aromatic rings. The second kappa shape index (κ2) is 5.44. The molecule has 4 atom stereocenters. The molecule has 0 aromatic carbocycles. The Morgan fingerprint density at radius 2 is 2.06 bits per heavy atom. The number of rotatable bonds is 6. The first-order chi connectivity index (χ1) is 8.45. The van der Waals surface area contributed by atoms with Crippen molar-refractivity contribution in [1.82, 2.24) is 0 Å². The Labute approximate surface area is 121 Å². The number of hydrogen-bond donors (Lipinski definition) is 0. The lowest BCUT2D eigenvalue weighted by atomic mass is 9.70. The normalized spacial score (nSPS) is 39.2. The van der Waals surface area contributed by atoms with Crippen molar-refractivity contribution in [3.05, 3.63) is 0 Å². The molecule has 0 aliphatic heterocycles. The van der Waals surface area contributed by atoms with E-state index in [0.29, 0.717) is 22.9 Å². The van der Waals surface area contributed by atoms with E-state index in [1.54, 1.807) is 0 Å². The average Bonchev–Trinajstić information content (AvgIpc) is 2.67. The van der Waals surface area contributed by atoms with Crippen molar-refractivity contribution in [3.63, 3.8) is 0 Å². The first kappa shape index (κ1) is 14.8. The molecule has 0 heterocycles. The van der Waals surface area contributed by atoms with E-state index in [0.717, 1.165) is 17.9 Å². The van der Waals surface area contributed by atoms with E-state index in [2.05, 4.69) is 43.6 Å². The summed E-state index contributed by atoms with van der Waals surface area (Å²) >= 11 is 3.62. The van der Waals surface area contributed by atoms with Crippen molar-refractivity contribution in [2.24, 2.45) is 22.7 Å². The van der Waals surface area contributed by atoms with Gasteiger partial charge in [0.1, 0.15) is 0 Å². The molecule has 2 saturated carbocycles. The van der Waals surface area contributed by atoms with Gasteiger partial charge in [0, 0.05) is 5.33 Å². The smallest absolute Gasteiger partial charge is 0.0636 e. The number of alkyl halides is 1. The molecule has 106 valence electrons. The molecule has 2 aliphatic rings. The van der Waals surface area contributed by atoms with Gasteiger partial charge in [0.05, 0.1) is 12.7 Å². The van der Waals surface area contributed by atoms with E-state index < -0.39 is 0 Å². The molecule has 2 heteroatoms. The van der Waals surface area contributed by atoms with E-state index in [9.17, 15) is 0 Å². The third-order valence-electron chi connectivity index (χ3n) is 6.16. The Balaban J connectivity index is 1.92. The first-order valence-electron chi connectivity index (χ1n) is 7.63. The minimum Gasteiger partial charge on any atom is -0.377 e. The van der Waals surface area contributed by atoms with Crippen LogP contribution in [-0.4, -0.2) is 18.0 Å². The highest BCUT2D eigenvalue weighted by atomic mass is 79.9. The fraction of sp³-hybridized carbons (Fsp3) is 1.00. The fourth-order valence-electron chi connectivity index (χ4n) is 4.25. The Morgan fingerprint density at radius 3 is 2.50 bits per heavy atom. The summed E-state index contributed by atoms with van der Waals surface area (Å²) in [5.74, 6) is 1.59. The van der Waals surface area contributed by atoms with Gasteiger partial charge in [0.2, 0.25) is 0 Å². The molecule has 0 aromatic heterocycles. The maximum absolute atomic E-state index is 6.35. The van der Waals surface area contributed by atoms with Gasteiger partial charge in [-0.1, -0.05) is 50.0 Å². The van der Waals surface area contributed by atoms with Crippen molar-refractivity contribution in [3.8, 4) is 0 Å². The van der Waals surface area contributed by atoms with Crippen LogP contribution in [-0.2, 0) is 4.74 Å². The molecule has 0 radical (unpaired) electrons. The Bertz CT molecular complexity index is 289. The van der Waals surface area contributed by atoms with Crippen LogP contribution in [0.25, 0.3) is 0 Å². The largest absolute Gasteiger partial charge is 0.377 e. The highest BCUT2D eigenvalue weighted by molar-refractivity contribution is 9.09. The van der Waals surface area contributed by atoms with E-state index in [1.807, 2.05) is 0 Å². The van der Waals surface area contributed by atoms with Crippen LogP contribution in [0.3, 0.4) is 0 Å². The second-order valence-electron chi connectivity index (χ2n) is 7.24. The predicted octanol–water partition coefficient (Wildman–Crippen LogP) is 5.03. The van der Waals surface area contributed by atoms with E-state index in [4.69, 9.17) is 4.74 Å². The molecule has 2 rings (SSSR count). The van der Waals surface area contributed by atoms with Crippen LogP contribution in [0.1, 0.15) is 59.8 Å². The average molecular weight is 317 g/mol. The summed E-state index contributed by atoms with van der Waals surface area (Å²) in [7, 11) is 0. The molecular formula is C16H29BrO. The summed E-state index contributed by atoms with van der Waals surface area (Å²) in [4.78, 5) is 0. The third kappa shape index (κ3) is 2.28.